The molecule has 6 rings (SSSR count). The smallest absolute Gasteiger partial charge is 0.408 e. The van der Waals surface area contributed by atoms with E-state index in [0.717, 1.165) is 27.9 Å². The minimum atomic E-state index is -1.30. The summed E-state index contributed by atoms with van der Waals surface area (Å²) in [5, 5.41) is 2.92. The molecular weight excluding hydrogens is 743 g/mol. The number of nitrogens with zero attached hydrogens (tertiary/aromatic N) is 2. The molecule has 1 aliphatic carbocycles. The van der Waals surface area contributed by atoms with Crippen molar-refractivity contribution in [3.05, 3.63) is 166 Å². The number of benzene rings is 4. The fourth-order valence-corrected chi connectivity index (χ4v) is 7.93. The third kappa shape index (κ3) is 10.4. The summed E-state index contributed by atoms with van der Waals surface area (Å²) in [7, 11) is 1.28. The molecule has 4 atom stereocenters. The van der Waals surface area contributed by atoms with Gasteiger partial charge in [-0.3, -0.25) is 14.6 Å². The van der Waals surface area contributed by atoms with E-state index in [2.05, 4.69) is 5.32 Å². The van der Waals surface area contributed by atoms with Crippen molar-refractivity contribution in [2.75, 3.05) is 7.11 Å². The van der Waals surface area contributed by atoms with E-state index in [0.29, 0.717) is 41.8 Å². The van der Waals surface area contributed by atoms with Crippen LogP contribution in [0.15, 0.2) is 121 Å². The second kappa shape index (κ2) is 19.9. The highest BCUT2D eigenvalue weighted by molar-refractivity contribution is 5.97. The zero-order valence-corrected chi connectivity index (χ0v) is 34.4. The molecule has 1 aliphatic rings. The average Bonchev–Trinajstić information content (AvgIpc) is 3.69. The lowest BCUT2D eigenvalue weighted by atomic mass is 9.87. The predicted octanol–water partition coefficient (Wildman–Crippen LogP) is 8.26. The minimum absolute atomic E-state index is 0.0130. The number of amides is 2. The molecule has 2 amide bonds. The fraction of sp³-hybridized carbons (Fsp3) is 0.327. The van der Waals surface area contributed by atoms with Crippen LogP contribution in [0.25, 0.3) is 0 Å². The van der Waals surface area contributed by atoms with E-state index in [1.54, 1.807) is 19.1 Å². The number of ether oxygens (including phenoxy) is 3. The van der Waals surface area contributed by atoms with Crippen LogP contribution >= 0.6 is 0 Å². The Morgan fingerprint density at radius 1 is 0.780 bits per heavy atom. The van der Waals surface area contributed by atoms with Crippen LogP contribution in [-0.2, 0) is 56.3 Å². The number of methoxy groups -OCH3 is 1. The molecule has 1 unspecified atom stereocenters. The number of ketones is 1. The lowest BCUT2D eigenvalue weighted by Crippen LogP contribution is -2.60. The molecule has 0 bridgehead atoms. The summed E-state index contributed by atoms with van der Waals surface area (Å²) in [5.74, 6) is -1.97. The maximum absolute atomic E-state index is 15.8. The van der Waals surface area contributed by atoms with Crippen LogP contribution in [0.5, 0.6) is 5.75 Å². The molecule has 1 heterocycles. The number of pyridine rings is 1. The molecule has 5 aromatic rings. The molecule has 4 aromatic carbocycles. The van der Waals surface area contributed by atoms with Crippen LogP contribution < -0.4 is 10.1 Å². The highest BCUT2D eigenvalue weighted by Crippen LogP contribution is 2.36. The van der Waals surface area contributed by atoms with Crippen molar-refractivity contribution in [3.63, 3.8) is 0 Å². The molecule has 59 heavy (non-hydrogen) atoms. The number of para-hydroxylation sites is 1. The summed E-state index contributed by atoms with van der Waals surface area (Å²) in [6.45, 7) is 7.70. The molecule has 10 nitrogen and oxygen atoms in total. The number of rotatable bonds is 17. The fourth-order valence-electron chi connectivity index (χ4n) is 7.93. The lowest BCUT2D eigenvalue weighted by molar-refractivity contribution is -0.161. The van der Waals surface area contributed by atoms with Crippen molar-refractivity contribution in [2.45, 2.75) is 84.7 Å². The van der Waals surface area contributed by atoms with Gasteiger partial charge >= 0.3 is 12.1 Å². The maximum atomic E-state index is 15.8. The SMILES string of the molecule is CC[C@H](C)[C@H](C(=O)OC)N(C(=O)[C@H](NC(=O)OCc1ccccc1)C1Cc2ccccc2C1)C(C(=O)Cc1ccccc1OCc1ccccc1)c1ccc(C)nc1C. The Kier molecular flexibility index (Phi) is 14.3. The van der Waals surface area contributed by atoms with Crippen LogP contribution in [0.2, 0.25) is 0 Å². The second-order valence-electron chi connectivity index (χ2n) is 15.3. The van der Waals surface area contributed by atoms with Crippen molar-refractivity contribution in [2.24, 2.45) is 11.8 Å². The van der Waals surface area contributed by atoms with E-state index in [-0.39, 0.29) is 25.4 Å². The number of alkyl carbamates (subject to hydrolysis) is 1. The monoisotopic (exact) mass is 795 g/mol. The normalized spacial score (nSPS) is 14.3. The number of carbonyl (C=O) groups is 4. The number of nitrogens with one attached hydrogen (secondary N) is 1. The molecular formula is C49H53N3O7. The van der Waals surface area contributed by atoms with Crippen LogP contribution in [0.4, 0.5) is 4.79 Å². The zero-order chi connectivity index (χ0) is 41.9. The molecule has 10 heteroatoms. The largest absolute Gasteiger partial charge is 0.489 e. The van der Waals surface area contributed by atoms with Gasteiger partial charge in [-0.15, -0.1) is 0 Å². The Bertz CT molecular complexity index is 2200. The topological polar surface area (TPSA) is 124 Å². The van der Waals surface area contributed by atoms with E-state index in [1.807, 2.05) is 130 Å². The second-order valence-corrected chi connectivity index (χ2v) is 15.3. The number of aryl methyl sites for hydroxylation is 2. The van der Waals surface area contributed by atoms with Gasteiger partial charge < -0.3 is 24.4 Å². The van der Waals surface area contributed by atoms with Crippen LogP contribution in [0, 0.1) is 25.7 Å². The van der Waals surface area contributed by atoms with Crippen LogP contribution in [-0.4, -0.2) is 52.8 Å². The molecule has 0 spiro atoms. The molecule has 0 saturated carbocycles. The number of hydrogen-bond acceptors (Lipinski definition) is 8. The number of Topliss-reactive ketones (excluding diaryl/α,β-unsaturated/α-hetero) is 1. The Hall–Kier alpha value is -6.29. The Morgan fingerprint density at radius 2 is 1.37 bits per heavy atom. The number of fused-ring (bicyclic) bond motifs is 1. The third-order valence-electron chi connectivity index (χ3n) is 11.2. The van der Waals surface area contributed by atoms with E-state index in [1.165, 1.54) is 12.0 Å². The number of esters is 1. The summed E-state index contributed by atoms with van der Waals surface area (Å²) in [6, 6.07) is 34.2. The van der Waals surface area contributed by atoms with Crippen LogP contribution in [0.1, 0.15) is 71.1 Å². The van der Waals surface area contributed by atoms with Gasteiger partial charge in [0.25, 0.3) is 0 Å². The standard InChI is InChI=1S/C49H53N3O7/c1-6-32(2)45(48(55)57-5)52(47(54)44(40-27-37-21-13-14-22-38(37)28-40)51-49(56)59-31-36-19-11-8-12-20-36)46(41-26-25-33(3)50-34(41)4)42(53)29-39-23-15-16-24-43(39)58-30-35-17-9-7-10-18-35/h7-26,32,40,44-46H,6,27-31H2,1-5H3,(H,51,56)/t32-,44+,45+,46?/m0/s1. The van der Waals surface area contributed by atoms with Gasteiger partial charge in [-0.1, -0.05) is 129 Å². The Labute approximate surface area is 346 Å². The van der Waals surface area contributed by atoms with E-state index >= 15 is 9.59 Å². The quantitative estimate of drug-likeness (QED) is 0.0934. The van der Waals surface area contributed by atoms with Crippen molar-refractivity contribution in [3.8, 4) is 5.75 Å². The third-order valence-corrected chi connectivity index (χ3v) is 11.2. The summed E-state index contributed by atoms with van der Waals surface area (Å²) in [5.41, 5.74) is 6.21. The first-order valence-corrected chi connectivity index (χ1v) is 20.2. The van der Waals surface area contributed by atoms with Gasteiger partial charge in [0.2, 0.25) is 5.91 Å². The van der Waals surface area contributed by atoms with Crippen molar-refractivity contribution < 1.29 is 33.4 Å². The van der Waals surface area contributed by atoms with E-state index in [4.69, 9.17) is 19.2 Å². The molecule has 1 N–H and O–H groups in total. The maximum Gasteiger partial charge on any atom is 0.408 e. The number of hydrogen-bond donors (Lipinski definition) is 1. The van der Waals surface area contributed by atoms with Crippen molar-refractivity contribution in [1.29, 1.82) is 0 Å². The predicted molar refractivity (Wildman–Crippen MR) is 225 cm³/mol. The van der Waals surface area contributed by atoms with Gasteiger partial charge in [-0.25, -0.2) is 9.59 Å². The van der Waals surface area contributed by atoms with Gasteiger partial charge in [0.15, 0.2) is 5.78 Å². The first-order chi connectivity index (χ1) is 28.6. The van der Waals surface area contributed by atoms with E-state index in [9.17, 15) is 9.59 Å². The summed E-state index contributed by atoms with van der Waals surface area (Å²) >= 11 is 0. The lowest BCUT2D eigenvalue weighted by Gasteiger charge is -2.41. The van der Waals surface area contributed by atoms with Gasteiger partial charge in [0, 0.05) is 28.9 Å². The highest BCUT2D eigenvalue weighted by atomic mass is 16.5. The van der Waals surface area contributed by atoms with Gasteiger partial charge in [0.1, 0.15) is 37.1 Å². The first-order valence-electron chi connectivity index (χ1n) is 20.2. The summed E-state index contributed by atoms with van der Waals surface area (Å²) in [4.78, 5) is 65.1. The zero-order valence-electron chi connectivity index (χ0n) is 34.4. The Morgan fingerprint density at radius 3 is 1.98 bits per heavy atom. The summed E-state index contributed by atoms with van der Waals surface area (Å²) < 4.78 is 17.4. The number of aromatic nitrogens is 1. The highest BCUT2D eigenvalue weighted by Gasteiger charge is 2.47. The molecule has 306 valence electrons. The average molecular weight is 796 g/mol. The van der Waals surface area contributed by atoms with Crippen molar-refractivity contribution in [1.82, 2.24) is 15.2 Å². The summed E-state index contributed by atoms with van der Waals surface area (Å²) in [6.07, 6.45) is 0.537. The Balaban J connectivity index is 1.45. The van der Waals surface area contributed by atoms with E-state index < -0.39 is 47.9 Å². The molecule has 0 saturated heterocycles. The van der Waals surface area contributed by atoms with Gasteiger partial charge in [0.05, 0.1) is 7.11 Å². The van der Waals surface area contributed by atoms with Crippen molar-refractivity contribution >= 4 is 23.8 Å². The molecule has 0 aliphatic heterocycles. The minimum Gasteiger partial charge on any atom is -0.489 e. The molecule has 0 fully saturated rings. The van der Waals surface area contributed by atoms with Crippen LogP contribution in [0.3, 0.4) is 0 Å². The molecule has 0 radical (unpaired) electrons. The first kappa shape index (κ1) is 42.3. The number of carbonyl (C=O) groups excluding carboxylic acids is 4. The molecule has 1 aromatic heterocycles. The van der Waals surface area contributed by atoms with Gasteiger partial charge in [-0.05, 0) is 72.9 Å². The van der Waals surface area contributed by atoms with Gasteiger partial charge in [-0.2, -0.15) is 0 Å².